The zero-order valence-corrected chi connectivity index (χ0v) is 17.4. The molecule has 0 spiro atoms. The van der Waals surface area contributed by atoms with Gasteiger partial charge in [-0.25, -0.2) is 9.97 Å². The van der Waals surface area contributed by atoms with Gasteiger partial charge in [-0.1, -0.05) is 24.3 Å². The summed E-state index contributed by atoms with van der Waals surface area (Å²) < 4.78 is 0. The second-order valence-corrected chi connectivity index (χ2v) is 7.55. The molecule has 0 saturated carbocycles. The fourth-order valence-electron chi connectivity index (χ4n) is 3.68. The Kier molecular flexibility index (Phi) is 5.48. The number of aromatic amines is 1. The van der Waals surface area contributed by atoms with Gasteiger partial charge >= 0.3 is 0 Å². The van der Waals surface area contributed by atoms with Gasteiger partial charge in [0.1, 0.15) is 17.3 Å². The van der Waals surface area contributed by atoms with Crippen molar-refractivity contribution in [2.24, 2.45) is 0 Å². The standard InChI is InChI=1S/C24H25N5O/c1-15-10-16(2)12-19(11-15)29-23-13-22(27-17(3)28-23)24(30)25-9-8-18-14-26-21-7-5-4-6-20(18)21/h4-7,10-14,26H,8-9H2,1-3H3,(H,25,30)(H,27,28,29). The van der Waals surface area contributed by atoms with Gasteiger partial charge in [-0.15, -0.1) is 0 Å². The average molecular weight is 399 g/mol. The van der Waals surface area contributed by atoms with Crippen molar-refractivity contribution < 1.29 is 4.79 Å². The predicted molar refractivity (Wildman–Crippen MR) is 120 cm³/mol. The number of carbonyl (C=O) groups is 1. The smallest absolute Gasteiger partial charge is 0.270 e. The lowest BCUT2D eigenvalue weighted by Gasteiger charge is -2.10. The van der Waals surface area contributed by atoms with Crippen LogP contribution in [0.4, 0.5) is 11.5 Å². The van der Waals surface area contributed by atoms with Crippen molar-refractivity contribution in [3.63, 3.8) is 0 Å². The number of hydrogen-bond acceptors (Lipinski definition) is 4. The second kappa shape index (κ2) is 8.37. The van der Waals surface area contributed by atoms with Gasteiger partial charge in [0.2, 0.25) is 0 Å². The van der Waals surface area contributed by atoms with Crippen LogP contribution in [0.1, 0.15) is 33.0 Å². The Morgan fingerprint density at radius 3 is 2.57 bits per heavy atom. The zero-order valence-electron chi connectivity index (χ0n) is 17.4. The molecule has 0 bridgehead atoms. The first-order valence-corrected chi connectivity index (χ1v) is 10.0. The number of aromatic nitrogens is 3. The molecule has 2 aromatic carbocycles. The van der Waals surface area contributed by atoms with E-state index in [4.69, 9.17) is 0 Å². The minimum absolute atomic E-state index is 0.205. The first kappa shape index (κ1) is 19.6. The maximum absolute atomic E-state index is 12.7. The molecular weight excluding hydrogens is 374 g/mol. The molecule has 1 amide bonds. The van der Waals surface area contributed by atoms with Crippen LogP contribution >= 0.6 is 0 Å². The number of H-pyrrole nitrogens is 1. The number of nitrogens with one attached hydrogen (secondary N) is 3. The van der Waals surface area contributed by atoms with Crippen LogP contribution in [-0.4, -0.2) is 27.4 Å². The minimum atomic E-state index is -0.205. The van der Waals surface area contributed by atoms with Gasteiger partial charge in [0, 0.05) is 35.4 Å². The quantitative estimate of drug-likeness (QED) is 0.442. The topological polar surface area (TPSA) is 82.7 Å². The highest BCUT2D eigenvalue weighted by Crippen LogP contribution is 2.20. The molecule has 0 aliphatic carbocycles. The largest absolute Gasteiger partial charge is 0.361 e. The number of rotatable bonds is 6. The van der Waals surface area contributed by atoms with Crippen LogP contribution in [0.2, 0.25) is 0 Å². The second-order valence-electron chi connectivity index (χ2n) is 7.55. The fourth-order valence-corrected chi connectivity index (χ4v) is 3.68. The van der Waals surface area contributed by atoms with Crippen molar-refractivity contribution >= 4 is 28.3 Å². The number of aryl methyl sites for hydroxylation is 3. The summed E-state index contributed by atoms with van der Waals surface area (Å²) in [6.45, 7) is 6.42. The molecule has 4 aromatic rings. The molecule has 4 rings (SSSR count). The number of hydrogen-bond donors (Lipinski definition) is 3. The molecule has 2 heterocycles. The van der Waals surface area contributed by atoms with Crippen LogP contribution in [0, 0.1) is 20.8 Å². The Hall–Kier alpha value is -3.67. The lowest BCUT2D eigenvalue weighted by molar-refractivity contribution is 0.0949. The Labute approximate surface area is 175 Å². The third kappa shape index (κ3) is 4.49. The summed E-state index contributed by atoms with van der Waals surface area (Å²) in [6, 6.07) is 16.1. The maximum atomic E-state index is 12.7. The summed E-state index contributed by atoms with van der Waals surface area (Å²) >= 11 is 0. The van der Waals surface area contributed by atoms with Gasteiger partial charge in [0.25, 0.3) is 5.91 Å². The number of amides is 1. The molecule has 0 saturated heterocycles. The Bertz CT molecular complexity index is 1190. The van der Waals surface area contributed by atoms with Crippen LogP contribution in [0.25, 0.3) is 10.9 Å². The van der Waals surface area contributed by atoms with E-state index in [0.717, 1.165) is 17.6 Å². The van der Waals surface area contributed by atoms with Gasteiger partial charge in [0.15, 0.2) is 0 Å². The van der Waals surface area contributed by atoms with E-state index in [1.165, 1.54) is 22.1 Å². The number of nitrogens with zero attached hydrogens (tertiary/aromatic N) is 2. The van der Waals surface area contributed by atoms with Crippen molar-refractivity contribution in [3.05, 3.63) is 82.9 Å². The SMILES string of the molecule is Cc1cc(C)cc(Nc2cc(C(=O)NCCc3c[nH]c4ccccc34)nc(C)n2)c1. The third-order valence-electron chi connectivity index (χ3n) is 4.92. The number of benzene rings is 2. The lowest BCUT2D eigenvalue weighted by Crippen LogP contribution is -2.27. The summed E-state index contributed by atoms with van der Waals surface area (Å²) in [4.78, 5) is 24.7. The lowest BCUT2D eigenvalue weighted by atomic mass is 10.1. The zero-order chi connectivity index (χ0) is 21.1. The van der Waals surface area contributed by atoms with Crippen LogP contribution in [0.3, 0.4) is 0 Å². The Morgan fingerprint density at radius 1 is 1.00 bits per heavy atom. The van der Waals surface area contributed by atoms with Crippen LogP contribution in [0.15, 0.2) is 54.7 Å². The number of anilines is 2. The summed E-state index contributed by atoms with van der Waals surface area (Å²) in [6.07, 6.45) is 2.74. The summed E-state index contributed by atoms with van der Waals surface area (Å²) in [5.74, 6) is 0.948. The van der Waals surface area contributed by atoms with Crippen LogP contribution in [-0.2, 0) is 6.42 Å². The molecule has 0 unspecified atom stereocenters. The molecule has 0 fully saturated rings. The highest BCUT2D eigenvalue weighted by Gasteiger charge is 2.11. The number of fused-ring (bicyclic) bond motifs is 1. The van der Waals surface area contributed by atoms with E-state index in [9.17, 15) is 4.79 Å². The van der Waals surface area contributed by atoms with E-state index in [0.29, 0.717) is 23.9 Å². The maximum Gasteiger partial charge on any atom is 0.270 e. The number of para-hydroxylation sites is 1. The van der Waals surface area contributed by atoms with Crippen molar-refractivity contribution in [1.29, 1.82) is 0 Å². The monoisotopic (exact) mass is 399 g/mol. The third-order valence-corrected chi connectivity index (χ3v) is 4.92. The molecule has 2 aromatic heterocycles. The van der Waals surface area contributed by atoms with E-state index >= 15 is 0 Å². The highest BCUT2D eigenvalue weighted by molar-refractivity contribution is 5.93. The van der Waals surface area contributed by atoms with Crippen molar-refractivity contribution in [2.45, 2.75) is 27.2 Å². The van der Waals surface area contributed by atoms with Gasteiger partial charge in [-0.05, 0) is 62.1 Å². The van der Waals surface area contributed by atoms with Gasteiger partial charge < -0.3 is 15.6 Å². The van der Waals surface area contributed by atoms with Crippen molar-refractivity contribution in [3.8, 4) is 0 Å². The summed E-state index contributed by atoms with van der Waals surface area (Å²) in [7, 11) is 0. The Morgan fingerprint density at radius 2 is 1.77 bits per heavy atom. The average Bonchev–Trinajstić information content (AvgIpc) is 3.10. The molecule has 0 atom stereocenters. The van der Waals surface area contributed by atoms with Crippen molar-refractivity contribution in [2.75, 3.05) is 11.9 Å². The highest BCUT2D eigenvalue weighted by atomic mass is 16.1. The Balaban J connectivity index is 1.43. The van der Waals surface area contributed by atoms with E-state index in [2.05, 4.69) is 51.6 Å². The van der Waals surface area contributed by atoms with E-state index in [1.807, 2.05) is 36.5 Å². The molecular formula is C24H25N5O. The fraction of sp³-hybridized carbons (Fsp3) is 0.208. The first-order chi connectivity index (χ1) is 14.5. The molecule has 0 aliphatic rings. The normalized spacial score (nSPS) is 10.9. The van der Waals surface area contributed by atoms with Crippen molar-refractivity contribution in [1.82, 2.24) is 20.3 Å². The molecule has 6 nitrogen and oxygen atoms in total. The molecule has 3 N–H and O–H groups in total. The first-order valence-electron chi connectivity index (χ1n) is 10.0. The summed E-state index contributed by atoms with van der Waals surface area (Å²) in [5, 5.41) is 7.44. The van der Waals surface area contributed by atoms with Gasteiger partial charge in [-0.2, -0.15) is 0 Å². The molecule has 30 heavy (non-hydrogen) atoms. The van der Waals surface area contributed by atoms with Gasteiger partial charge in [0.05, 0.1) is 0 Å². The van der Waals surface area contributed by atoms with E-state index in [1.54, 1.807) is 13.0 Å². The molecule has 152 valence electrons. The predicted octanol–water partition coefficient (Wildman–Crippen LogP) is 4.60. The van der Waals surface area contributed by atoms with E-state index in [-0.39, 0.29) is 5.91 Å². The van der Waals surface area contributed by atoms with E-state index < -0.39 is 0 Å². The minimum Gasteiger partial charge on any atom is -0.361 e. The molecule has 0 radical (unpaired) electrons. The molecule has 0 aliphatic heterocycles. The summed E-state index contributed by atoms with van der Waals surface area (Å²) in [5.41, 5.74) is 5.91. The van der Waals surface area contributed by atoms with Crippen LogP contribution < -0.4 is 10.6 Å². The van der Waals surface area contributed by atoms with Crippen LogP contribution in [0.5, 0.6) is 0 Å². The molecule has 6 heteroatoms. The van der Waals surface area contributed by atoms with Gasteiger partial charge in [-0.3, -0.25) is 4.79 Å². The number of carbonyl (C=O) groups excluding carboxylic acids is 1.